The third-order valence-electron chi connectivity index (χ3n) is 3.61. The lowest BCUT2D eigenvalue weighted by Crippen LogP contribution is -2.28. The number of amides is 1. The van der Waals surface area contributed by atoms with Crippen LogP contribution in [-0.2, 0) is 4.79 Å². The summed E-state index contributed by atoms with van der Waals surface area (Å²) in [4.78, 5) is 12.3. The fraction of sp³-hybridized carbons (Fsp3) is 0.385. The quantitative estimate of drug-likeness (QED) is 0.847. The van der Waals surface area contributed by atoms with Crippen LogP contribution in [0.3, 0.4) is 0 Å². The summed E-state index contributed by atoms with van der Waals surface area (Å²) in [5.74, 6) is 0.371. The van der Waals surface area contributed by atoms with Gasteiger partial charge in [0.25, 0.3) is 0 Å². The Hall–Kier alpha value is -2.28. The monoisotopic (exact) mass is 272 g/mol. The molecule has 1 aromatic carbocycles. The summed E-state index contributed by atoms with van der Waals surface area (Å²) in [5, 5.41) is 17.3. The van der Waals surface area contributed by atoms with Crippen molar-refractivity contribution in [2.75, 3.05) is 18.4 Å². The van der Waals surface area contributed by atoms with E-state index in [0.717, 1.165) is 18.8 Å². The van der Waals surface area contributed by atoms with Gasteiger partial charge in [0.15, 0.2) is 0 Å². The Morgan fingerprint density at radius 1 is 1.40 bits per heavy atom. The van der Waals surface area contributed by atoms with E-state index < -0.39 is 0 Å². The number of aromatic nitrogens is 4. The Morgan fingerprint density at radius 2 is 2.25 bits per heavy atom. The minimum atomic E-state index is -0.00284. The molecule has 1 aliphatic heterocycles. The van der Waals surface area contributed by atoms with Gasteiger partial charge in [-0.05, 0) is 35.0 Å². The summed E-state index contributed by atoms with van der Waals surface area (Å²) in [6, 6.07) is 7.47. The second-order valence-electron chi connectivity index (χ2n) is 5.00. The normalized spacial score (nSPS) is 21.9. The Balaban J connectivity index is 1.83. The van der Waals surface area contributed by atoms with E-state index in [1.54, 1.807) is 0 Å². The Labute approximate surface area is 116 Å². The molecule has 2 aromatic rings. The van der Waals surface area contributed by atoms with E-state index >= 15 is 0 Å². The summed E-state index contributed by atoms with van der Waals surface area (Å²) in [6.07, 6.45) is 1.50. The molecule has 0 radical (unpaired) electrons. The molecular formula is C13H16N6O. The fourth-order valence-corrected chi connectivity index (χ4v) is 2.44. The highest BCUT2D eigenvalue weighted by molar-refractivity contribution is 5.94. The first-order valence-corrected chi connectivity index (χ1v) is 6.59. The van der Waals surface area contributed by atoms with Crippen LogP contribution < -0.4 is 10.6 Å². The molecule has 1 saturated heterocycles. The molecule has 1 fully saturated rings. The van der Waals surface area contributed by atoms with E-state index in [-0.39, 0.29) is 11.8 Å². The van der Waals surface area contributed by atoms with Gasteiger partial charge in [-0.25, -0.2) is 0 Å². The van der Waals surface area contributed by atoms with Crippen LogP contribution in [0.15, 0.2) is 30.6 Å². The molecule has 0 spiro atoms. The third-order valence-corrected chi connectivity index (χ3v) is 3.61. The highest BCUT2D eigenvalue weighted by Gasteiger charge is 2.29. The maximum absolute atomic E-state index is 12.3. The molecular weight excluding hydrogens is 256 g/mol. The van der Waals surface area contributed by atoms with Gasteiger partial charge in [-0.3, -0.25) is 4.79 Å². The minimum Gasteiger partial charge on any atom is -0.324 e. The molecule has 0 saturated carbocycles. The van der Waals surface area contributed by atoms with Crippen LogP contribution in [0.1, 0.15) is 6.92 Å². The van der Waals surface area contributed by atoms with Crippen molar-refractivity contribution in [3.8, 4) is 5.69 Å². The van der Waals surface area contributed by atoms with Crippen molar-refractivity contribution in [3.63, 3.8) is 0 Å². The minimum absolute atomic E-state index is 0.00284. The van der Waals surface area contributed by atoms with Crippen LogP contribution >= 0.6 is 0 Å². The average molecular weight is 272 g/mol. The first-order chi connectivity index (χ1) is 9.75. The molecule has 0 bridgehead atoms. The summed E-state index contributed by atoms with van der Waals surface area (Å²) in [5.41, 5.74) is 1.47. The van der Waals surface area contributed by atoms with Crippen LogP contribution in [0, 0.1) is 11.8 Å². The van der Waals surface area contributed by atoms with Crippen molar-refractivity contribution in [3.05, 3.63) is 30.6 Å². The first-order valence-electron chi connectivity index (χ1n) is 6.59. The van der Waals surface area contributed by atoms with Crippen molar-refractivity contribution in [1.82, 2.24) is 25.5 Å². The number of para-hydroxylation sites is 2. The maximum Gasteiger partial charge on any atom is 0.229 e. The van der Waals surface area contributed by atoms with E-state index in [2.05, 4.69) is 33.1 Å². The van der Waals surface area contributed by atoms with Crippen LogP contribution in [0.25, 0.3) is 5.69 Å². The van der Waals surface area contributed by atoms with Gasteiger partial charge in [-0.1, -0.05) is 19.1 Å². The van der Waals surface area contributed by atoms with Gasteiger partial charge in [-0.2, -0.15) is 4.68 Å². The molecule has 7 nitrogen and oxygen atoms in total. The first kappa shape index (κ1) is 12.7. The molecule has 2 heterocycles. The number of anilines is 1. The molecule has 20 heavy (non-hydrogen) atoms. The van der Waals surface area contributed by atoms with Gasteiger partial charge in [0.2, 0.25) is 5.91 Å². The number of rotatable bonds is 3. The zero-order chi connectivity index (χ0) is 13.9. The summed E-state index contributed by atoms with van der Waals surface area (Å²) < 4.78 is 1.53. The maximum atomic E-state index is 12.3. The predicted molar refractivity (Wildman–Crippen MR) is 73.3 cm³/mol. The number of carbonyl (C=O) groups excluding carboxylic acids is 1. The van der Waals surface area contributed by atoms with Crippen molar-refractivity contribution in [2.24, 2.45) is 11.8 Å². The standard InChI is InChI=1S/C13H16N6O/c1-9-6-14-7-10(9)13(20)16-11-4-2-3-5-12(11)19-8-15-17-18-19/h2-5,8-10,14H,6-7H2,1H3,(H,16,20). The van der Waals surface area contributed by atoms with Gasteiger partial charge >= 0.3 is 0 Å². The highest BCUT2D eigenvalue weighted by Crippen LogP contribution is 2.22. The molecule has 1 aliphatic rings. The molecule has 1 amide bonds. The number of tetrazole rings is 1. The van der Waals surface area contributed by atoms with Gasteiger partial charge in [0.05, 0.1) is 17.3 Å². The number of hydrogen-bond acceptors (Lipinski definition) is 5. The highest BCUT2D eigenvalue weighted by atomic mass is 16.2. The number of nitrogens with one attached hydrogen (secondary N) is 2. The van der Waals surface area contributed by atoms with Gasteiger partial charge in [0.1, 0.15) is 6.33 Å². The van der Waals surface area contributed by atoms with E-state index in [1.807, 2.05) is 24.3 Å². The van der Waals surface area contributed by atoms with Crippen molar-refractivity contribution >= 4 is 11.6 Å². The summed E-state index contributed by atoms with van der Waals surface area (Å²) in [6.45, 7) is 3.68. The van der Waals surface area contributed by atoms with Crippen molar-refractivity contribution in [2.45, 2.75) is 6.92 Å². The van der Waals surface area contributed by atoms with Crippen LogP contribution in [-0.4, -0.2) is 39.2 Å². The lowest BCUT2D eigenvalue weighted by Gasteiger charge is -2.16. The molecule has 7 heteroatoms. The second kappa shape index (κ2) is 5.38. The molecule has 104 valence electrons. The van der Waals surface area contributed by atoms with Gasteiger partial charge in [-0.15, -0.1) is 5.10 Å². The topological polar surface area (TPSA) is 84.7 Å². The van der Waals surface area contributed by atoms with Gasteiger partial charge < -0.3 is 10.6 Å². The van der Waals surface area contributed by atoms with Crippen LogP contribution in [0.2, 0.25) is 0 Å². The van der Waals surface area contributed by atoms with Crippen molar-refractivity contribution < 1.29 is 4.79 Å². The number of benzene rings is 1. The summed E-state index contributed by atoms with van der Waals surface area (Å²) >= 11 is 0. The fourth-order valence-electron chi connectivity index (χ4n) is 2.44. The number of carbonyl (C=O) groups is 1. The molecule has 2 atom stereocenters. The predicted octanol–water partition coefficient (Wildman–Crippen LogP) is 0.456. The smallest absolute Gasteiger partial charge is 0.229 e. The third kappa shape index (κ3) is 2.39. The Kier molecular flexibility index (Phi) is 3.42. The van der Waals surface area contributed by atoms with Crippen molar-refractivity contribution in [1.29, 1.82) is 0 Å². The van der Waals surface area contributed by atoms with E-state index in [4.69, 9.17) is 0 Å². The lowest BCUT2D eigenvalue weighted by atomic mass is 9.97. The zero-order valence-electron chi connectivity index (χ0n) is 11.2. The van der Waals surface area contributed by atoms with E-state index in [9.17, 15) is 4.79 Å². The molecule has 1 aromatic heterocycles. The SMILES string of the molecule is CC1CNCC1C(=O)Nc1ccccc1-n1cnnn1. The molecule has 3 rings (SSSR count). The molecule has 2 unspecified atom stereocenters. The second-order valence-corrected chi connectivity index (χ2v) is 5.00. The van der Waals surface area contributed by atoms with E-state index in [1.165, 1.54) is 11.0 Å². The Bertz CT molecular complexity index is 597. The van der Waals surface area contributed by atoms with E-state index in [0.29, 0.717) is 11.6 Å². The summed E-state index contributed by atoms with van der Waals surface area (Å²) in [7, 11) is 0. The average Bonchev–Trinajstić information content (AvgIpc) is 3.10. The zero-order valence-corrected chi connectivity index (χ0v) is 11.2. The van der Waals surface area contributed by atoms with Gasteiger partial charge in [0, 0.05) is 6.54 Å². The number of hydrogen-bond donors (Lipinski definition) is 2. The molecule has 0 aliphatic carbocycles. The Morgan fingerprint density at radius 3 is 2.95 bits per heavy atom. The largest absolute Gasteiger partial charge is 0.324 e. The lowest BCUT2D eigenvalue weighted by molar-refractivity contribution is -0.120. The van der Waals surface area contributed by atoms with Crippen LogP contribution in [0.4, 0.5) is 5.69 Å². The number of nitrogens with zero attached hydrogens (tertiary/aromatic N) is 4. The molecule has 2 N–H and O–H groups in total. The van der Waals surface area contributed by atoms with Crippen LogP contribution in [0.5, 0.6) is 0 Å².